The fourth-order valence-corrected chi connectivity index (χ4v) is 2.33. The summed E-state index contributed by atoms with van der Waals surface area (Å²) >= 11 is 1.37. The molecule has 2 aromatic rings. The zero-order valence-corrected chi connectivity index (χ0v) is 9.30. The molecule has 0 saturated heterocycles. The Kier molecular flexibility index (Phi) is 2.80. The zero-order valence-electron chi connectivity index (χ0n) is 8.49. The van der Waals surface area contributed by atoms with Crippen molar-refractivity contribution >= 4 is 17.3 Å². The first-order valence-electron chi connectivity index (χ1n) is 4.67. The number of aryl methyl sites for hydroxylation is 1. The third-order valence-electron chi connectivity index (χ3n) is 2.27. The highest BCUT2D eigenvalue weighted by Gasteiger charge is 2.41. The Labute approximate surface area is 105 Å². The highest BCUT2D eigenvalue weighted by molar-refractivity contribution is 7.09. The topological polar surface area (TPSA) is 55.6 Å². The van der Waals surface area contributed by atoms with Gasteiger partial charge < -0.3 is 5.32 Å². The second-order valence-electron chi connectivity index (χ2n) is 3.58. The molecule has 1 aliphatic heterocycles. The number of alkyl halides is 3. The van der Waals surface area contributed by atoms with Crippen molar-refractivity contribution in [1.82, 2.24) is 19.7 Å². The molecule has 9 heteroatoms. The van der Waals surface area contributed by atoms with Gasteiger partial charge in [0, 0.05) is 11.1 Å². The summed E-state index contributed by atoms with van der Waals surface area (Å²) in [7, 11) is 0. The third kappa shape index (κ3) is 1.84. The molecule has 0 bridgehead atoms. The van der Waals surface area contributed by atoms with Gasteiger partial charge in [-0.1, -0.05) is 7.43 Å². The molecule has 0 radical (unpaired) electrons. The van der Waals surface area contributed by atoms with Crippen LogP contribution in [0.3, 0.4) is 0 Å². The molecule has 3 heterocycles. The van der Waals surface area contributed by atoms with Crippen LogP contribution < -0.4 is 5.32 Å². The van der Waals surface area contributed by atoms with Crippen molar-refractivity contribution in [2.24, 2.45) is 0 Å². The van der Waals surface area contributed by atoms with E-state index in [1.54, 1.807) is 0 Å². The van der Waals surface area contributed by atoms with Crippen LogP contribution >= 0.6 is 11.3 Å². The lowest BCUT2D eigenvalue weighted by atomic mass is 10.4. The predicted molar refractivity (Wildman–Crippen MR) is 60.4 cm³/mol. The molecule has 0 aromatic carbocycles. The molecule has 18 heavy (non-hydrogen) atoms. The van der Waals surface area contributed by atoms with E-state index < -0.39 is 18.2 Å². The number of nitrogens with zero attached hydrogens (tertiary/aromatic N) is 4. The maximum absolute atomic E-state index is 12.4. The Morgan fingerprint density at radius 1 is 1.39 bits per heavy atom. The molecular formula is C9H10F3N5S. The summed E-state index contributed by atoms with van der Waals surface area (Å²) in [5, 5.41) is 8.71. The van der Waals surface area contributed by atoms with Gasteiger partial charge in [0.15, 0.2) is 6.17 Å². The smallest absolute Gasteiger partial charge is 0.327 e. The van der Waals surface area contributed by atoms with Gasteiger partial charge in [0.2, 0.25) is 5.95 Å². The van der Waals surface area contributed by atoms with Gasteiger partial charge in [-0.05, 0) is 6.92 Å². The van der Waals surface area contributed by atoms with Crippen molar-refractivity contribution in [1.29, 1.82) is 0 Å². The van der Waals surface area contributed by atoms with Gasteiger partial charge in [0.25, 0.3) is 5.82 Å². The summed E-state index contributed by atoms with van der Waals surface area (Å²) in [5.74, 6) is -1.01. The number of aromatic nitrogens is 4. The Morgan fingerprint density at radius 2 is 2.11 bits per heavy atom. The quantitative estimate of drug-likeness (QED) is 0.870. The van der Waals surface area contributed by atoms with Crippen molar-refractivity contribution in [2.45, 2.75) is 26.7 Å². The van der Waals surface area contributed by atoms with Crippen LogP contribution in [0.4, 0.5) is 19.1 Å². The summed E-state index contributed by atoms with van der Waals surface area (Å²) in [6.45, 7) is 1.82. The number of fused-ring (bicyclic) bond motifs is 1. The number of hydrogen-bond acceptors (Lipinski definition) is 5. The van der Waals surface area contributed by atoms with E-state index in [0.717, 1.165) is 5.69 Å². The fourth-order valence-electron chi connectivity index (χ4n) is 1.50. The average molecular weight is 277 g/mol. The normalized spacial score (nSPS) is 17.4. The largest absolute Gasteiger partial charge is 0.453 e. The van der Waals surface area contributed by atoms with Crippen LogP contribution in [0.1, 0.15) is 30.1 Å². The number of anilines is 1. The standard InChI is InChI=1S/C8H6F3N5S.CH4/c1-3-2-17-5(12-3)4-13-7-14-6(8(9,10)11)15-16(4)7;/h2,4H,1H3,(H,13,14,15);1H4. The van der Waals surface area contributed by atoms with E-state index in [9.17, 15) is 13.2 Å². The van der Waals surface area contributed by atoms with Crippen LogP contribution in [0.2, 0.25) is 0 Å². The molecule has 1 N–H and O–H groups in total. The first-order chi connectivity index (χ1) is 7.95. The molecule has 1 unspecified atom stereocenters. The Balaban J connectivity index is 0.00000120. The lowest BCUT2D eigenvalue weighted by molar-refractivity contribution is -0.144. The summed E-state index contributed by atoms with van der Waals surface area (Å²) in [6, 6.07) is 0. The molecular weight excluding hydrogens is 267 g/mol. The van der Waals surface area contributed by atoms with Crippen LogP contribution in [0.5, 0.6) is 0 Å². The van der Waals surface area contributed by atoms with Gasteiger partial charge >= 0.3 is 6.18 Å². The minimum Gasteiger partial charge on any atom is -0.327 e. The molecule has 0 fully saturated rings. The highest BCUT2D eigenvalue weighted by atomic mass is 32.1. The van der Waals surface area contributed by atoms with E-state index in [1.807, 2.05) is 12.3 Å². The molecule has 3 rings (SSSR count). The number of nitrogens with one attached hydrogen (secondary N) is 1. The minimum absolute atomic E-state index is 0. The van der Waals surface area contributed by atoms with Gasteiger partial charge in [0.05, 0.1) is 0 Å². The molecule has 0 amide bonds. The number of hydrogen-bond donors (Lipinski definition) is 1. The summed E-state index contributed by atoms with van der Waals surface area (Å²) < 4.78 is 38.3. The van der Waals surface area contributed by atoms with Crippen LogP contribution in [0, 0.1) is 6.92 Å². The zero-order chi connectivity index (χ0) is 12.2. The minimum atomic E-state index is -4.52. The van der Waals surface area contributed by atoms with Crippen molar-refractivity contribution in [3.63, 3.8) is 0 Å². The third-order valence-corrected chi connectivity index (χ3v) is 3.28. The van der Waals surface area contributed by atoms with Crippen LogP contribution in [0.25, 0.3) is 0 Å². The molecule has 5 nitrogen and oxygen atoms in total. The lowest BCUT2D eigenvalue weighted by Gasteiger charge is -2.26. The van der Waals surface area contributed by atoms with Crippen LogP contribution in [-0.2, 0) is 6.18 Å². The maximum Gasteiger partial charge on any atom is 0.453 e. The Hall–Kier alpha value is -1.64. The van der Waals surface area contributed by atoms with Gasteiger partial charge in [0.1, 0.15) is 5.01 Å². The van der Waals surface area contributed by atoms with Gasteiger partial charge in [-0.3, -0.25) is 0 Å². The summed E-state index contributed by atoms with van der Waals surface area (Å²) in [6.07, 6.45) is -4.96. The summed E-state index contributed by atoms with van der Waals surface area (Å²) in [4.78, 5) is 7.53. The molecule has 1 atom stereocenters. The Morgan fingerprint density at radius 3 is 2.67 bits per heavy atom. The van der Waals surface area contributed by atoms with Gasteiger partial charge in [-0.25, -0.2) is 9.67 Å². The van der Waals surface area contributed by atoms with E-state index in [1.165, 1.54) is 16.0 Å². The van der Waals surface area contributed by atoms with Crippen molar-refractivity contribution in [3.05, 3.63) is 21.9 Å². The first kappa shape index (κ1) is 12.8. The van der Waals surface area contributed by atoms with E-state index in [-0.39, 0.29) is 13.4 Å². The Bertz CT molecular complexity index is 573. The number of thiazole rings is 1. The highest BCUT2D eigenvalue weighted by Crippen LogP contribution is 2.36. The first-order valence-corrected chi connectivity index (χ1v) is 5.55. The molecule has 2 aromatic heterocycles. The molecule has 0 saturated carbocycles. The molecule has 0 spiro atoms. The van der Waals surface area contributed by atoms with Crippen molar-refractivity contribution < 1.29 is 13.2 Å². The van der Waals surface area contributed by atoms with E-state index >= 15 is 0 Å². The SMILES string of the molecule is C.Cc1csc(C2Nc3nc(C(F)(F)F)nn32)n1. The second-order valence-corrected chi connectivity index (χ2v) is 4.47. The van der Waals surface area contributed by atoms with E-state index in [2.05, 4.69) is 20.4 Å². The fraction of sp³-hybridized carbons (Fsp3) is 0.444. The van der Waals surface area contributed by atoms with Gasteiger partial charge in [-0.2, -0.15) is 18.2 Å². The lowest BCUT2D eigenvalue weighted by Crippen LogP contribution is -2.32. The average Bonchev–Trinajstić information content (AvgIpc) is 2.72. The van der Waals surface area contributed by atoms with E-state index in [0.29, 0.717) is 5.01 Å². The second kappa shape index (κ2) is 3.94. The predicted octanol–water partition coefficient (Wildman–Crippen LogP) is 2.67. The molecule has 0 aliphatic carbocycles. The monoisotopic (exact) mass is 277 g/mol. The number of halogens is 3. The molecule has 98 valence electrons. The van der Waals surface area contributed by atoms with Crippen molar-refractivity contribution in [2.75, 3.05) is 5.32 Å². The van der Waals surface area contributed by atoms with Crippen LogP contribution in [-0.4, -0.2) is 19.7 Å². The summed E-state index contributed by atoms with van der Waals surface area (Å²) in [5.41, 5.74) is 0.830. The number of rotatable bonds is 1. The van der Waals surface area contributed by atoms with Crippen molar-refractivity contribution in [3.8, 4) is 0 Å². The van der Waals surface area contributed by atoms with E-state index in [4.69, 9.17) is 0 Å². The van der Waals surface area contributed by atoms with Crippen LogP contribution in [0.15, 0.2) is 5.38 Å². The maximum atomic E-state index is 12.4. The molecule has 1 aliphatic rings. The van der Waals surface area contributed by atoms with Gasteiger partial charge in [-0.15, -0.1) is 16.4 Å².